The molecule has 4 rings (SSSR count). The Kier molecular flexibility index (Phi) is 7.46. The molecule has 3 aromatic carbocycles. The molecule has 1 N–H and O–H groups in total. The Morgan fingerprint density at radius 2 is 1.77 bits per heavy atom. The quantitative estimate of drug-likeness (QED) is 0.304. The van der Waals surface area contributed by atoms with E-state index in [1.807, 2.05) is 25.1 Å². The fourth-order valence-corrected chi connectivity index (χ4v) is 5.15. The van der Waals surface area contributed by atoms with Gasteiger partial charge in [0, 0.05) is 11.4 Å². The minimum absolute atomic E-state index is 0.179. The number of thioether (sulfide) groups is 1. The van der Waals surface area contributed by atoms with Gasteiger partial charge in [-0.2, -0.15) is 5.26 Å². The predicted molar refractivity (Wildman–Crippen MR) is 138 cm³/mol. The third kappa shape index (κ3) is 5.51. The van der Waals surface area contributed by atoms with Gasteiger partial charge in [-0.15, -0.1) is 0 Å². The zero-order chi connectivity index (χ0) is 25.1. The van der Waals surface area contributed by atoms with Crippen LogP contribution in [0, 0.1) is 24.1 Å². The molecule has 1 unspecified atom stereocenters. The molecule has 176 valence electrons. The number of nitrogens with one attached hydrogen (secondary N) is 1. The normalized spacial score (nSPS) is 16.7. The van der Waals surface area contributed by atoms with E-state index < -0.39 is 17.0 Å². The van der Waals surface area contributed by atoms with Crippen molar-refractivity contribution in [3.63, 3.8) is 0 Å². The summed E-state index contributed by atoms with van der Waals surface area (Å²) in [4.78, 5) is 27.8. The lowest BCUT2D eigenvalue weighted by Crippen LogP contribution is -2.31. The number of hydrogen-bond acceptors (Lipinski definition) is 4. The lowest BCUT2D eigenvalue weighted by atomic mass is 10.1. The monoisotopic (exact) mass is 525 g/mol. The van der Waals surface area contributed by atoms with Crippen LogP contribution in [-0.2, 0) is 16.0 Å². The molecular weight excluding hydrogens is 508 g/mol. The minimum atomic E-state index is -0.644. The second-order valence-corrected chi connectivity index (χ2v) is 9.83. The van der Waals surface area contributed by atoms with E-state index in [4.69, 9.17) is 23.2 Å². The van der Waals surface area contributed by atoms with Crippen LogP contribution in [0.4, 0.5) is 15.8 Å². The van der Waals surface area contributed by atoms with Gasteiger partial charge in [-0.1, -0.05) is 58.7 Å². The van der Waals surface area contributed by atoms with Gasteiger partial charge >= 0.3 is 0 Å². The molecule has 0 spiro atoms. The molecule has 5 nitrogen and oxygen atoms in total. The Labute approximate surface area is 216 Å². The maximum atomic E-state index is 13.6. The molecule has 1 aliphatic rings. The zero-order valence-corrected chi connectivity index (χ0v) is 20.7. The summed E-state index contributed by atoms with van der Waals surface area (Å²) in [7, 11) is 0. The van der Waals surface area contributed by atoms with E-state index in [1.165, 1.54) is 29.2 Å². The van der Waals surface area contributed by atoms with Crippen LogP contribution in [0.15, 0.2) is 77.3 Å². The van der Waals surface area contributed by atoms with Crippen molar-refractivity contribution in [2.24, 2.45) is 0 Å². The van der Waals surface area contributed by atoms with E-state index in [0.717, 1.165) is 22.9 Å². The number of carbonyl (C=O) groups excluding carboxylic acids is 2. The molecule has 2 amide bonds. The lowest BCUT2D eigenvalue weighted by Gasteiger charge is -2.18. The molecule has 3 aromatic rings. The molecule has 35 heavy (non-hydrogen) atoms. The maximum Gasteiger partial charge on any atom is 0.269 e. The largest absolute Gasteiger partial charge is 0.321 e. The summed E-state index contributed by atoms with van der Waals surface area (Å²) < 4.78 is 13.6. The van der Waals surface area contributed by atoms with Crippen LogP contribution in [-0.4, -0.2) is 17.1 Å². The molecule has 1 heterocycles. The highest BCUT2D eigenvalue weighted by Gasteiger charge is 2.41. The van der Waals surface area contributed by atoms with Gasteiger partial charge in [-0.05, 0) is 67.4 Å². The van der Waals surface area contributed by atoms with Crippen molar-refractivity contribution in [3.05, 3.63) is 104 Å². The van der Waals surface area contributed by atoms with Crippen molar-refractivity contribution < 1.29 is 14.0 Å². The topological polar surface area (TPSA) is 73.2 Å². The summed E-state index contributed by atoms with van der Waals surface area (Å²) in [6.45, 7) is 1.92. The van der Waals surface area contributed by atoms with Crippen molar-refractivity contribution in [2.45, 2.75) is 18.6 Å². The number of carbonyl (C=O) groups is 2. The summed E-state index contributed by atoms with van der Waals surface area (Å²) in [5, 5.41) is 12.9. The highest BCUT2D eigenvalue weighted by Crippen LogP contribution is 2.42. The standard InChI is InChI=1S/C26H18Cl2FN3O2S/c1-15-2-7-18(8-3-15)31-24(33)20(14-30)26-32(19-9-5-17(29)6-10-19)25(34)23(35-26)13-16-4-11-21(27)22(28)12-16/h2-12,23H,13H2,1H3,(H,31,33). The number of nitrogens with zero attached hydrogens (tertiary/aromatic N) is 2. The van der Waals surface area contributed by atoms with Gasteiger partial charge in [-0.25, -0.2) is 4.39 Å². The Balaban J connectivity index is 1.72. The van der Waals surface area contributed by atoms with Crippen LogP contribution < -0.4 is 10.2 Å². The highest BCUT2D eigenvalue weighted by molar-refractivity contribution is 8.05. The number of nitriles is 1. The predicted octanol–water partition coefficient (Wildman–Crippen LogP) is 6.51. The van der Waals surface area contributed by atoms with E-state index in [-0.39, 0.29) is 16.5 Å². The smallest absolute Gasteiger partial charge is 0.269 e. The lowest BCUT2D eigenvalue weighted by molar-refractivity contribution is -0.117. The van der Waals surface area contributed by atoms with Crippen molar-refractivity contribution in [3.8, 4) is 6.07 Å². The summed E-state index contributed by atoms with van der Waals surface area (Å²) in [6, 6.07) is 19.5. The van der Waals surface area contributed by atoms with Gasteiger partial charge in [0.25, 0.3) is 5.91 Å². The average molecular weight is 526 g/mol. The van der Waals surface area contributed by atoms with Crippen LogP contribution >= 0.6 is 35.0 Å². The summed E-state index contributed by atoms with van der Waals surface area (Å²) in [5.74, 6) is -1.45. The first-order chi connectivity index (χ1) is 16.8. The Bertz CT molecular complexity index is 1370. The third-order valence-electron chi connectivity index (χ3n) is 5.30. The Morgan fingerprint density at radius 3 is 2.40 bits per heavy atom. The Hall–Kier alpha value is -3.31. The molecule has 9 heteroatoms. The molecule has 1 fully saturated rings. The first-order valence-electron chi connectivity index (χ1n) is 10.5. The van der Waals surface area contributed by atoms with Crippen LogP contribution in [0.1, 0.15) is 11.1 Å². The first-order valence-corrected chi connectivity index (χ1v) is 12.1. The average Bonchev–Trinajstić information content (AvgIpc) is 3.14. The number of amides is 2. The first kappa shape index (κ1) is 24.8. The van der Waals surface area contributed by atoms with Gasteiger partial charge in [-0.3, -0.25) is 14.5 Å². The van der Waals surface area contributed by atoms with Crippen molar-refractivity contribution in [1.82, 2.24) is 0 Å². The number of benzene rings is 3. The number of anilines is 2. The maximum absolute atomic E-state index is 13.6. The Morgan fingerprint density at radius 1 is 1.09 bits per heavy atom. The number of rotatable bonds is 5. The van der Waals surface area contributed by atoms with E-state index in [2.05, 4.69) is 5.32 Å². The van der Waals surface area contributed by atoms with Crippen LogP contribution in [0.3, 0.4) is 0 Å². The molecule has 0 bridgehead atoms. The fraction of sp³-hybridized carbons (Fsp3) is 0.115. The van der Waals surface area contributed by atoms with Crippen LogP contribution in [0.25, 0.3) is 0 Å². The number of hydrogen-bond donors (Lipinski definition) is 1. The molecule has 0 aromatic heterocycles. The van der Waals surface area contributed by atoms with Crippen LogP contribution in [0.5, 0.6) is 0 Å². The van der Waals surface area contributed by atoms with Gasteiger partial charge in [0.05, 0.1) is 15.3 Å². The molecule has 1 saturated heterocycles. The summed E-state index contributed by atoms with van der Waals surface area (Å²) in [6.07, 6.45) is 0.292. The van der Waals surface area contributed by atoms with Crippen molar-refractivity contribution in [2.75, 3.05) is 10.2 Å². The zero-order valence-electron chi connectivity index (χ0n) is 18.4. The van der Waals surface area contributed by atoms with Gasteiger partial charge < -0.3 is 5.32 Å². The van der Waals surface area contributed by atoms with E-state index >= 15 is 0 Å². The van der Waals surface area contributed by atoms with E-state index in [0.29, 0.717) is 27.8 Å². The molecule has 0 saturated carbocycles. The summed E-state index contributed by atoms with van der Waals surface area (Å²) >= 11 is 13.2. The molecule has 1 aliphatic heterocycles. The minimum Gasteiger partial charge on any atom is -0.321 e. The molecular formula is C26H18Cl2FN3O2S. The summed E-state index contributed by atoms with van der Waals surface area (Å²) in [5.41, 5.74) is 2.44. The fourth-order valence-electron chi connectivity index (χ4n) is 3.52. The second kappa shape index (κ2) is 10.5. The van der Waals surface area contributed by atoms with Crippen molar-refractivity contribution >= 4 is 58.2 Å². The van der Waals surface area contributed by atoms with Gasteiger partial charge in [0.15, 0.2) is 0 Å². The van der Waals surface area contributed by atoms with Crippen molar-refractivity contribution in [1.29, 1.82) is 5.26 Å². The second-order valence-electron chi connectivity index (χ2n) is 7.82. The van der Waals surface area contributed by atoms with Gasteiger partial charge in [0.2, 0.25) is 5.91 Å². The SMILES string of the molecule is Cc1ccc(NC(=O)C(C#N)=C2SC(Cc3ccc(Cl)c(Cl)c3)C(=O)N2c2ccc(F)cc2)cc1. The number of halogens is 3. The number of aryl methyl sites for hydroxylation is 1. The van der Waals surface area contributed by atoms with E-state index in [9.17, 15) is 19.2 Å². The molecule has 1 atom stereocenters. The van der Waals surface area contributed by atoms with Crippen LogP contribution in [0.2, 0.25) is 10.0 Å². The molecule has 0 aliphatic carbocycles. The van der Waals surface area contributed by atoms with E-state index in [1.54, 1.807) is 30.3 Å². The van der Waals surface area contributed by atoms with Gasteiger partial charge in [0.1, 0.15) is 22.5 Å². The highest BCUT2D eigenvalue weighted by atomic mass is 35.5. The third-order valence-corrected chi connectivity index (χ3v) is 7.31. The molecule has 0 radical (unpaired) electrons.